The van der Waals surface area contributed by atoms with Gasteiger partial charge in [-0.05, 0) is 25.8 Å². The zero-order valence-electron chi connectivity index (χ0n) is 13.2. The van der Waals surface area contributed by atoms with E-state index in [1.54, 1.807) is 0 Å². The molecule has 1 N–H and O–H groups in total. The van der Waals surface area contributed by atoms with Crippen molar-refractivity contribution in [1.82, 2.24) is 10.2 Å². The fourth-order valence-corrected chi connectivity index (χ4v) is 3.47. The Kier molecular flexibility index (Phi) is 4.03. The Morgan fingerprint density at radius 2 is 2.21 bits per heavy atom. The van der Waals surface area contributed by atoms with E-state index in [1.165, 1.54) is 11.3 Å². The van der Waals surface area contributed by atoms with Gasteiger partial charge in [-0.25, -0.2) is 0 Å². The highest BCUT2D eigenvalue weighted by Gasteiger charge is 2.28. The van der Waals surface area contributed by atoms with Crippen LogP contribution in [0.25, 0.3) is 11.0 Å². The van der Waals surface area contributed by atoms with Crippen molar-refractivity contribution in [2.45, 2.75) is 32.3 Å². The highest BCUT2D eigenvalue weighted by molar-refractivity contribution is 7.15. The Morgan fingerprint density at radius 1 is 1.38 bits per heavy atom. The number of amides is 1. The van der Waals surface area contributed by atoms with Gasteiger partial charge in [-0.15, -0.1) is 10.2 Å². The maximum atomic E-state index is 12.6. The van der Waals surface area contributed by atoms with Gasteiger partial charge in [-0.3, -0.25) is 10.1 Å². The minimum absolute atomic E-state index is 0.271. The molecule has 0 unspecified atom stereocenters. The summed E-state index contributed by atoms with van der Waals surface area (Å²) in [6.07, 6.45) is 2.31. The molecule has 1 aromatic carbocycles. The molecule has 1 saturated carbocycles. The second-order valence-electron chi connectivity index (χ2n) is 5.72. The van der Waals surface area contributed by atoms with E-state index < -0.39 is 0 Å². The number of hydrogen-bond acceptors (Lipinski definition) is 6. The molecule has 0 spiro atoms. The summed E-state index contributed by atoms with van der Waals surface area (Å²) in [6.45, 7) is 2.82. The van der Waals surface area contributed by atoms with Gasteiger partial charge in [0.05, 0.1) is 6.61 Å². The molecule has 1 aliphatic rings. The van der Waals surface area contributed by atoms with Gasteiger partial charge in [-0.1, -0.05) is 29.5 Å². The molecule has 2 aromatic heterocycles. The summed E-state index contributed by atoms with van der Waals surface area (Å²) in [6, 6.07) is 7.57. The van der Waals surface area contributed by atoms with Crippen LogP contribution in [-0.4, -0.2) is 22.7 Å². The third kappa shape index (κ3) is 2.92. The topological polar surface area (TPSA) is 77.2 Å². The van der Waals surface area contributed by atoms with Gasteiger partial charge >= 0.3 is 0 Å². The third-order valence-corrected chi connectivity index (χ3v) is 4.94. The summed E-state index contributed by atoms with van der Waals surface area (Å²) >= 11 is 1.43. The molecule has 1 aliphatic carbocycles. The molecule has 6 nitrogen and oxygen atoms in total. The lowest BCUT2D eigenvalue weighted by molar-refractivity contribution is 0.0984. The molecule has 1 amide bonds. The maximum Gasteiger partial charge on any atom is 0.293 e. The van der Waals surface area contributed by atoms with Gasteiger partial charge in [0.15, 0.2) is 5.76 Å². The van der Waals surface area contributed by atoms with Crippen LogP contribution in [0.15, 0.2) is 28.7 Å². The lowest BCUT2D eigenvalue weighted by Crippen LogP contribution is -2.13. The van der Waals surface area contributed by atoms with Gasteiger partial charge in [0.2, 0.25) is 5.13 Å². The van der Waals surface area contributed by atoms with Gasteiger partial charge < -0.3 is 9.15 Å². The number of nitrogens with zero attached hydrogens (tertiary/aromatic N) is 2. The summed E-state index contributed by atoms with van der Waals surface area (Å²) in [5.41, 5.74) is 1.44. The average Bonchev–Trinajstić information content (AvgIpc) is 3.23. The number of anilines is 1. The van der Waals surface area contributed by atoms with Crippen molar-refractivity contribution in [3.63, 3.8) is 0 Å². The van der Waals surface area contributed by atoms with E-state index >= 15 is 0 Å². The highest BCUT2D eigenvalue weighted by atomic mass is 32.1. The van der Waals surface area contributed by atoms with E-state index in [1.807, 2.05) is 31.2 Å². The number of aromatic nitrogens is 2. The Hall–Kier alpha value is -2.25. The largest absolute Gasteiger partial charge is 0.451 e. The summed E-state index contributed by atoms with van der Waals surface area (Å²) in [7, 11) is 0. The second-order valence-corrected chi connectivity index (χ2v) is 6.73. The molecule has 1 fully saturated rings. The van der Waals surface area contributed by atoms with Crippen molar-refractivity contribution >= 4 is 33.3 Å². The van der Waals surface area contributed by atoms with Crippen LogP contribution in [0.3, 0.4) is 0 Å². The van der Waals surface area contributed by atoms with Crippen molar-refractivity contribution in [2.24, 2.45) is 0 Å². The first kappa shape index (κ1) is 15.3. The Bertz CT molecular complexity index is 882. The Labute approximate surface area is 142 Å². The van der Waals surface area contributed by atoms with Crippen LogP contribution < -0.4 is 5.32 Å². The number of para-hydroxylation sites is 1. The van der Waals surface area contributed by atoms with Crippen LogP contribution in [0, 0.1) is 0 Å². The van der Waals surface area contributed by atoms with E-state index in [4.69, 9.17) is 9.15 Å². The maximum absolute atomic E-state index is 12.6. The summed E-state index contributed by atoms with van der Waals surface area (Å²) < 4.78 is 11.3. The number of hydrogen-bond donors (Lipinski definition) is 1. The first-order chi connectivity index (χ1) is 11.8. The molecule has 0 aliphatic heterocycles. The summed E-state index contributed by atoms with van der Waals surface area (Å²) in [5, 5.41) is 13.4. The molecule has 0 radical (unpaired) electrons. The second kappa shape index (κ2) is 6.33. The lowest BCUT2D eigenvalue weighted by atomic mass is 10.1. The number of carbonyl (C=O) groups is 1. The van der Waals surface area contributed by atoms with Crippen molar-refractivity contribution in [3.05, 3.63) is 40.6 Å². The van der Waals surface area contributed by atoms with Crippen LogP contribution in [0.5, 0.6) is 0 Å². The molecule has 0 bridgehead atoms. The third-order valence-electron chi connectivity index (χ3n) is 3.94. The van der Waals surface area contributed by atoms with Crippen LogP contribution in [0.4, 0.5) is 5.13 Å². The molecule has 124 valence electrons. The number of rotatable bonds is 6. The molecule has 3 aromatic rings. The van der Waals surface area contributed by atoms with E-state index in [0.29, 0.717) is 29.8 Å². The standard InChI is InChI=1S/C17H17N3O3S/c1-2-22-9-12-11-5-3-4-6-13(11)23-14(12)15(21)18-17-20-19-16(24-17)10-7-8-10/h3-6,10H,2,7-9H2,1H3,(H,18,20,21). The van der Waals surface area contributed by atoms with E-state index in [0.717, 1.165) is 28.8 Å². The molecule has 0 saturated heterocycles. The first-order valence-corrected chi connectivity index (χ1v) is 8.80. The zero-order chi connectivity index (χ0) is 16.5. The van der Waals surface area contributed by atoms with Gasteiger partial charge in [0.25, 0.3) is 5.91 Å². The number of benzene rings is 1. The molecule has 0 atom stereocenters. The van der Waals surface area contributed by atoms with E-state index in [-0.39, 0.29) is 11.7 Å². The Morgan fingerprint density at radius 3 is 3.00 bits per heavy atom. The van der Waals surface area contributed by atoms with Crippen molar-refractivity contribution in [3.8, 4) is 0 Å². The number of nitrogens with one attached hydrogen (secondary N) is 1. The molecule has 4 rings (SSSR count). The van der Waals surface area contributed by atoms with Gasteiger partial charge in [0, 0.05) is 23.5 Å². The fourth-order valence-electron chi connectivity index (χ4n) is 2.56. The smallest absolute Gasteiger partial charge is 0.293 e. The lowest BCUT2D eigenvalue weighted by Gasteiger charge is -2.03. The number of carbonyl (C=O) groups excluding carboxylic acids is 1. The predicted molar refractivity (Wildman–Crippen MR) is 91.4 cm³/mol. The van der Waals surface area contributed by atoms with Crippen LogP contribution >= 0.6 is 11.3 Å². The van der Waals surface area contributed by atoms with Gasteiger partial charge in [0.1, 0.15) is 10.6 Å². The summed E-state index contributed by atoms with van der Waals surface area (Å²) in [4.78, 5) is 12.6. The average molecular weight is 343 g/mol. The van der Waals surface area contributed by atoms with Gasteiger partial charge in [-0.2, -0.15) is 0 Å². The molecular formula is C17H17N3O3S. The van der Waals surface area contributed by atoms with Crippen molar-refractivity contribution in [2.75, 3.05) is 11.9 Å². The van der Waals surface area contributed by atoms with Crippen molar-refractivity contribution in [1.29, 1.82) is 0 Å². The molecule has 7 heteroatoms. The normalized spacial score (nSPS) is 14.2. The number of fused-ring (bicyclic) bond motifs is 1. The minimum atomic E-state index is -0.320. The van der Waals surface area contributed by atoms with Crippen LogP contribution in [-0.2, 0) is 11.3 Å². The number of furan rings is 1. The minimum Gasteiger partial charge on any atom is -0.451 e. The van der Waals surface area contributed by atoms with Crippen molar-refractivity contribution < 1.29 is 13.9 Å². The molecule has 2 heterocycles. The van der Waals surface area contributed by atoms with E-state index in [9.17, 15) is 4.79 Å². The monoisotopic (exact) mass is 343 g/mol. The fraction of sp³-hybridized carbons (Fsp3) is 0.353. The SMILES string of the molecule is CCOCc1c(C(=O)Nc2nnc(C3CC3)s2)oc2ccccc12. The van der Waals surface area contributed by atoms with E-state index in [2.05, 4.69) is 15.5 Å². The number of ether oxygens (including phenoxy) is 1. The quantitative estimate of drug-likeness (QED) is 0.733. The van der Waals surface area contributed by atoms with Crippen LogP contribution in [0.1, 0.15) is 46.8 Å². The summed E-state index contributed by atoms with van der Waals surface area (Å²) in [5.74, 6) is 0.472. The molecular weight excluding hydrogens is 326 g/mol. The zero-order valence-corrected chi connectivity index (χ0v) is 14.1. The molecule has 24 heavy (non-hydrogen) atoms. The Balaban J connectivity index is 1.62. The van der Waals surface area contributed by atoms with Crippen LogP contribution in [0.2, 0.25) is 0 Å². The highest BCUT2D eigenvalue weighted by Crippen LogP contribution is 2.42. The predicted octanol–water partition coefficient (Wildman–Crippen LogP) is 3.95. The first-order valence-electron chi connectivity index (χ1n) is 7.99.